The number of aromatic nitrogens is 2. The third-order valence-electron chi connectivity index (χ3n) is 2.31. The Labute approximate surface area is 104 Å². The standard InChI is InChI=1S/C14H22N2O/c1-10(2)6-12(17)11-8-15-13(16-9-11)7-14(3,4)5/h8-10H,6-7H2,1-5H3. The van der Waals surface area contributed by atoms with Gasteiger partial charge >= 0.3 is 0 Å². The fourth-order valence-corrected chi connectivity index (χ4v) is 1.55. The minimum Gasteiger partial charge on any atom is -0.294 e. The van der Waals surface area contributed by atoms with Gasteiger partial charge in [-0.25, -0.2) is 9.97 Å². The van der Waals surface area contributed by atoms with E-state index >= 15 is 0 Å². The van der Waals surface area contributed by atoms with Gasteiger partial charge in [-0.2, -0.15) is 0 Å². The highest BCUT2D eigenvalue weighted by Crippen LogP contribution is 2.18. The van der Waals surface area contributed by atoms with Crippen molar-refractivity contribution in [3.8, 4) is 0 Å². The van der Waals surface area contributed by atoms with Crippen molar-refractivity contribution in [3.63, 3.8) is 0 Å². The molecule has 0 aliphatic carbocycles. The van der Waals surface area contributed by atoms with Crippen LogP contribution in [0.15, 0.2) is 12.4 Å². The summed E-state index contributed by atoms with van der Waals surface area (Å²) in [6.45, 7) is 10.5. The molecule has 0 aliphatic heterocycles. The number of rotatable bonds is 4. The van der Waals surface area contributed by atoms with Crippen LogP contribution < -0.4 is 0 Å². The quantitative estimate of drug-likeness (QED) is 0.751. The van der Waals surface area contributed by atoms with E-state index in [1.807, 2.05) is 13.8 Å². The van der Waals surface area contributed by atoms with Gasteiger partial charge in [0.2, 0.25) is 0 Å². The van der Waals surface area contributed by atoms with Gasteiger partial charge in [-0.3, -0.25) is 4.79 Å². The van der Waals surface area contributed by atoms with E-state index in [-0.39, 0.29) is 11.2 Å². The minimum absolute atomic E-state index is 0.127. The van der Waals surface area contributed by atoms with Crippen molar-refractivity contribution in [1.82, 2.24) is 9.97 Å². The number of hydrogen-bond donors (Lipinski definition) is 0. The van der Waals surface area contributed by atoms with Crippen LogP contribution in [0.4, 0.5) is 0 Å². The van der Waals surface area contributed by atoms with E-state index in [9.17, 15) is 4.79 Å². The molecule has 3 nitrogen and oxygen atoms in total. The lowest BCUT2D eigenvalue weighted by molar-refractivity contribution is 0.0967. The van der Waals surface area contributed by atoms with Crippen LogP contribution in [0.5, 0.6) is 0 Å². The van der Waals surface area contributed by atoms with Crippen LogP contribution >= 0.6 is 0 Å². The topological polar surface area (TPSA) is 42.9 Å². The molecule has 0 saturated heterocycles. The Hall–Kier alpha value is -1.25. The minimum atomic E-state index is 0.127. The van der Waals surface area contributed by atoms with Crippen molar-refractivity contribution in [2.75, 3.05) is 0 Å². The zero-order valence-electron chi connectivity index (χ0n) is 11.4. The van der Waals surface area contributed by atoms with Crippen LogP contribution in [0.1, 0.15) is 57.2 Å². The smallest absolute Gasteiger partial charge is 0.166 e. The third kappa shape index (κ3) is 5.07. The molecular formula is C14H22N2O. The Morgan fingerprint density at radius 2 is 1.76 bits per heavy atom. The zero-order chi connectivity index (χ0) is 13.1. The molecule has 0 spiro atoms. The molecule has 1 heterocycles. The number of Topliss-reactive ketones (excluding diaryl/α,β-unsaturated/α-hetero) is 1. The molecule has 0 unspecified atom stereocenters. The molecule has 0 aliphatic rings. The number of hydrogen-bond acceptors (Lipinski definition) is 3. The van der Waals surface area contributed by atoms with Crippen LogP contribution in [0.25, 0.3) is 0 Å². The molecule has 1 rings (SSSR count). The predicted molar refractivity (Wildman–Crippen MR) is 69.0 cm³/mol. The summed E-state index contributed by atoms with van der Waals surface area (Å²) < 4.78 is 0. The summed E-state index contributed by atoms with van der Waals surface area (Å²) in [7, 11) is 0. The van der Waals surface area contributed by atoms with Gasteiger partial charge in [0.15, 0.2) is 5.78 Å². The first kappa shape index (κ1) is 13.8. The first-order valence-electron chi connectivity index (χ1n) is 6.12. The molecule has 17 heavy (non-hydrogen) atoms. The Morgan fingerprint density at radius 1 is 1.24 bits per heavy atom. The normalized spacial score (nSPS) is 11.9. The number of nitrogens with zero attached hydrogens (tertiary/aromatic N) is 2. The lowest BCUT2D eigenvalue weighted by atomic mass is 9.92. The zero-order valence-corrected chi connectivity index (χ0v) is 11.4. The van der Waals surface area contributed by atoms with Crippen LogP contribution in [0.3, 0.4) is 0 Å². The van der Waals surface area contributed by atoms with E-state index in [4.69, 9.17) is 0 Å². The molecule has 0 amide bonds. The monoisotopic (exact) mass is 234 g/mol. The summed E-state index contributed by atoms with van der Waals surface area (Å²) in [6, 6.07) is 0. The van der Waals surface area contributed by atoms with E-state index in [1.54, 1.807) is 12.4 Å². The molecule has 3 heteroatoms. The van der Waals surface area contributed by atoms with Crippen molar-refractivity contribution in [2.24, 2.45) is 11.3 Å². The number of ketones is 1. The summed E-state index contributed by atoms with van der Waals surface area (Å²) >= 11 is 0. The highest BCUT2D eigenvalue weighted by Gasteiger charge is 2.14. The van der Waals surface area contributed by atoms with Gasteiger partial charge in [0.05, 0.1) is 5.56 Å². The van der Waals surface area contributed by atoms with Gasteiger partial charge in [0, 0.05) is 25.2 Å². The Bertz CT molecular complexity index is 374. The summed E-state index contributed by atoms with van der Waals surface area (Å²) in [5.74, 6) is 1.30. The summed E-state index contributed by atoms with van der Waals surface area (Å²) in [4.78, 5) is 20.3. The first-order valence-corrected chi connectivity index (χ1v) is 6.12. The lowest BCUT2D eigenvalue weighted by Crippen LogP contribution is -2.13. The molecule has 0 aromatic carbocycles. The average Bonchev–Trinajstić information content (AvgIpc) is 2.15. The van der Waals surface area contributed by atoms with E-state index in [0.717, 1.165) is 12.2 Å². The van der Waals surface area contributed by atoms with E-state index < -0.39 is 0 Å². The second-order valence-corrected chi connectivity index (χ2v) is 6.15. The van der Waals surface area contributed by atoms with E-state index in [2.05, 4.69) is 30.7 Å². The van der Waals surface area contributed by atoms with Crippen molar-refractivity contribution >= 4 is 5.78 Å². The van der Waals surface area contributed by atoms with Gasteiger partial charge in [-0.1, -0.05) is 34.6 Å². The first-order chi connectivity index (χ1) is 7.78. The summed E-state index contributed by atoms with van der Waals surface area (Å²) in [5, 5.41) is 0. The van der Waals surface area contributed by atoms with Crippen LogP contribution in [-0.2, 0) is 6.42 Å². The van der Waals surface area contributed by atoms with Gasteiger partial charge in [-0.05, 0) is 11.3 Å². The van der Waals surface area contributed by atoms with Gasteiger partial charge in [0.1, 0.15) is 5.82 Å². The second-order valence-electron chi connectivity index (χ2n) is 6.15. The molecule has 0 atom stereocenters. The van der Waals surface area contributed by atoms with E-state index in [0.29, 0.717) is 17.9 Å². The lowest BCUT2D eigenvalue weighted by Gasteiger charge is -2.16. The molecule has 0 bridgehead atoms. The highest BCUT2D eigenvalue weighted by molar-refractivity contribution is 5.95. The fourth-order valence-electron chi connectivity index (χ4n) is 1.55. The highest BCUT2D eigenvalue weighted by atomic mass is 16.1. The molecule has 0 fully saturated rings. The van der Waals surface area contributed by atoms with Crippen LogP contribution in [0, 0.1) is 11.3 Å². The molecule has 0 saturated carbocycles. The Balaban J connectivity index is 2.71. The molecular weight excluding hydrogens is 212 g/mol. The third-order valence-corrected chi connectivity index (χ3v) is 2.31. The summed E-state index contributed by atoms with van der Waals surface area (Å²) in [6.07, 6.45) is 4.69. The van der Waals surface area contributed by atoms with Crippen LogP contribution in [0.2, 0.25) is 0 Å². The fraction of sp³-hybridized carbons (Fsp3) is 0.643. The molecule has 1 aromatic rings. The average molecular weight is 234 g/mol. The van der Waals surface area contributed by atoms with Crippen molar-refractivity contribution in [2.45, 2.75) is 47.5 Å². The van der Waals surface area contributed by atoms with Crippen molar-refractivity contribution < 1.29 is 4.79 Å². The second kappa shape index (κ2) is 5.39. The van der Waals surface area contributed by atoms with Gasteiger partial charge in [-0.15, -0.1) is 0 Å². The Morgan fingerprint density at radius 3 is 2.18 bits per heavy atom. The molecule has 0 N–H and O–H groups in total. The number of carbonyl (C=O) groups is 1. The maximum atomic E-state index is 11.8. The molecule has 0 radical (unpaired) electrons. The van der Waals surface area contributed by atoms with Crippen LogP contribution in [-0.4, -0.2) is 15.8 Å². The Kier molecular flexibility index (Phi) is 4.38. The van der Waals surface area contributed by atoms with Crippen molar-refractivity contribution in [1.29, 1.82) is 0 Å². The maximum Gasteiger partial charge on any atom is 0.166 e. The van der Waals surface area contributed by atoms with Gasteiger partial charge < -0.3 is 0 Å². The number of carbonyl (C=O) groups excluding carboxylic acids is 1. The molecule has 94 valence electrons. The summed E-state index contributed by atoms with van der Waals surface area (Å²) in [5.41, 5.74) is 0.792. The molecule has 1 aromatic heterocycles. The predicted octanol–water partition coefficient (Wildman–Crippen LogP) is 3.29. The van der Waals surface area contributed by atoms with Gasteiger partial charge in [0.25, 0.3) is 0 Å². The SMILES string of the molecule is CC(C)CC(=O)c1cnc(CC(C)(C)C)nc1. The van der Waals surface area contributed by atoms with Crippen molar-refractivity contribution in [3.05, 3.63) is 23.8 Å². The maximum absolute atomic E-state index is 11.8. The van der Waals surface area contributed by atoms with E-state index in [1.165, 1.54) is 0 Å². The largest absolute Gasteiger partial charge is 0.294 e.